The third-order valence-electron chi connectivity index (χ3n) is 4.03. The Kier molecular flexibility index (Phi) is 5.78. The number of methoxy groups -OCH3 is 1. The summed E-state index contributed by atoms with van der Waals surface area (Å²) in [5.74, 6) is 1.03. The Morgan fingerprint density at radius 3 is 2.32 bits per heavy atom. The second-order valence-electron chi connectivity index (χ2n) is 5.43. The lowest BCUT2D eigenvalue weighted by Crippen LogP contribution is -2.18. The van der Waals surface area contributed by atoms with Crippen molar-refractivity contribution in [2.45, 2.75) is 32.1 Å². The lowest BCUT2D eigenvalue weighted by molar-refractivity contribution is -0.118. The quantitative estimate of drug-likeness (QED) is 0.696. The van der Waals surface area contributed by atoms with E-state index in [1.807, 2.05) is 36.4 Å². The number of Topliss-reactive ketones (excluding diaryl/α,β-unsaturated/α-hetero) is 1. The third kappa shape index (κ3) is 3.77. The molecule has 0 aliphatic heterocycles. The van der Waals surface area contributed by atoms with E-state index < -0.39 is 0 Å². The summed E-state index contributed by atoms with van der Waals surface area (Å²) in [4.78, 5) is 12.3. The normalized spacial score (nSPS) is 13.5. The van der Waals surface area contributed by atoms with Gasteiger partial charge in [0.1, 0.15) is 11.5 Å². The van der Waals surface area contributed by atoms with Crippen molar-refractivity contribution < 1.29 is 9.53 Å². The van der Waals surface area contributed by atoms with E-state index in [1.54, 1.807) is 14.0 Å². The van der Waals surface area contributed by atoms with E-state index in [0.29, 0.717) is 0 Å². The Labute approximate surface area is 140 Å². The van der Waals surface area contributed by atoms with Crippen molar-refractivity contribution in [3.63, 3.8) is 0 Å². The average molecular weight is 361 g/mol. The molecular weight excluding hydrogens is 340 g/mol. The van der Waals surface area contributed by atoms with Crippen molar-refractivity contribution in [3.8, 4) is 5.75 Å². The smallest absolute Gasteiger partial charge is 0.137 e. The Morgan fingerprint density at radius 1 is 1.14 bits per heavy atom. The number of rotatable bonds is 6. The van der Waals surface area contributed by atoms with Gasteiger partial charge in [0, 0.05) is 10.4 Å². The van der Waals surface area contributed by atoms with Gasteiger partial charge in [-0.25, -0.2) is 0 Å². The Hall–Kier alpha value is -1.61. The zero-order chi connectivity index (χ0) is 16.1. The lowest BCUT2D eigenvalue weighted by atomic mass is 9.78. The van der Waals surface area contributed by atoms with Gasteiger partial charge in [0.2, 0.25) is 0 Å². The first-order valence-electron chi connectivity index (χ1n) is 7.46. The van der Waals surface area contributed by atoms with E-state index in [4.69, 9.17) is 4.74 Å². The molecular formula is C19H21BrO2. The maximum atomic E-state index is 12.3. The molecule has 0 bridgehead atoms. The highest BCUT2D eigenvalue weighted by molar-refractivity contribution is 9.10. The fourth-order valence-corrected chi connectivity index (χ4v) is 3.38. The second-order valence-corrected chi connectivity index (χ2v) is 6.35. The van der Waals surface area contributed by atoms with Crippen LogP contribution in [0.3, 0.4) is 0 Å². The lowest BCUT2D eigenvalue weighted by Gasteiger charge is -2.25. The average Bonchev–Trinajstić information content (AvgIpc) is 2.52. The molecule has 0 aliphatic carbocycles. The molecule has 2 atom stereocenters. The van der Waals surface area contributed by atoms with Crippen LogP contribution in [0, 0.1) is 0 Å². The highest BCUT2D eigenvalue weighted by atomic mass is 79.9. The van der Waals surface area contributed by atoms with Crippen LogP contribution < -0.4 is 4.74 Å². The largest absolute Gasteiger partial charge is 0.497 e. The molecule has 0 radical (unpaired) electrons. The number of benzene rings is 2. The summed E-state index contributed by atoms with van der Waals surface area (Å²) in [6.07, 6.45) is 0.909. The Bertz CT molecular complexity index is 634. The second kappa shape index (κ2) is 7.59. The summed E-state index contributed by atoms with van der Waals surface area (Å²) in [7, 11) is 1.65. The molecule has 2 rings (SSSR count). The molecule has 22 heavy (non-hydrogen) atoms. The van der Waals surface area contributed by atoms with Crippen LogP contribution in [-0.2, 0) is 4.79 Å². The highest BCUT2D eigenvalue weighted by Crippen LogP contribution is 2.37. The van der Waals surface area contributed by atoms with Crippen LogP contribution in [-0.4, -0.2) is 12.9 Å². The number of hydrogen-bond acceptors (Lipinski definition) is 2. The molecule has 0 heterocycles. The van der Waals surface area contributed by atoms with Gasteiger partial charge >= 0.3 is 0 Å². The molecule has 0 spiro atoms. The van der Waals surface area contributed by atoms with E-state index >= 15 is 0 Å². The molecule has 0 amide bonds. The summed E-state index contributed by atoms with van der Waals surface area (Å²) in [5.41, 5.74) is 2.23. The van der Waals surface area contributed by atoms with Crippen molar-refractivity contribution in [3.05, 3.63) is 64.1 Å². The molecule has 0 fully saturated rings. The van der Waals surface area contributed by atoms with Crippen LogP contribution in [0.1, 0.15) is 43.2 Å². The predicted molar refractivity (Wildman–Crippen MR) is 93.6 cm³/mol. The van der Waals surface area contributed by atoms with Crippen molar-refractivity contribution in [1.29, 1.82) is 0 Å². The summed E-state index contributed by atoms with van der Waals surface area (Å²) >= 11 is 3.52. The number of carbonyl (C=O) groups is 1. The first kappa shape index (κ1) is 16.8. The molecule has 2 aromatic rings. The van der Waals surface area contributed by atoms with Gasteiger partial charge in [0.15, 0.2) is 0 Å². The van der Waals surface area contributed by atoms with Crippen LogP contribution in [0.15, 0.2) is 53.0 Å². The number of hydrogen-bond donors (Lipinski definition) is 0. The van der Waals surface area contributed by atoms with Gasteiger partial charge in [-0.15, -0.1) is 0 Å². The molecule has 116 valence electrons. The van der Waals surface area contributed by atoms with Crippen molar-refractivity contribution >= 4 is 21.7 Å². The van der Waals surface area contributed by atoms with Crippen LogP contribution >= 0.6 is 15.9 Å². The van der Waals surface area contributed by atoms with Gasteiger partial charge in [-0.3, -0.25) is 4.79 Å². The van der Waals surface area contributed by atoms with E-state index in [0.717, 1.165) is 22.2 Å². The van der Waals surface area contributed by atoms with Crippen molar-refractivity contribution in [1.82, 2.24) is 0 Å². The molecule has 2 nitrogen and oxygen atoms in total. The molecule has 0 aromatic heterocycles. The minimum atomic E-state index is -0.134. The maximum absolute atomic E-state index is 12.3. The molecule has 0 N–H and O–H groups in total. The van der Waals surface area contributed by atoms with Gasteiger partial charge < -0.3 is 4.74 Å². The summed E-state index contributed by atoms with van der Waals surface area (Å²) in [6.45, 7) is 3.81. The number of carbonyl (C=O) groups excluding carboxylic acids is 1. The molecule has 0 aliphatic rings. The van der Waals surface area contributed by atoms with Gasteiger partial charge in [0.25, 0.3) is 0 Å². The minimum absolute atomic E-state index is 0.134. The van der Waals surface area contributed by atoms with Crippen molar-refractivity contribution in [2.24, 2.45) is 0 Å². The van der Waals surface area contributed by atoms with Gasteiger partial charge in [-0.05, 0) is 54.7 Å². The van der Waals surface area contributed by atoms with Crippen LogP contribution in [0.2, 0.25) is 0 Å². The van der Waals surface area contributed by atoms with Gasteiger partial charge in [-0.1, -0.05) is 47.1 Å². The fourth-order valence-electron chi connectivity index (χ4n) is 2.96. The van der Waals surface area contributed by atoms with Crippen LogP contribution in [0.25, 0.3) is 0 Å². The van der Waals surface area contributed by atoms with Crippen LogP contribution in [0.4, 0.5) is 0 Å². The molecule has 0 saturated heterocycles. The first-order chi connectivity index (χ1) is 10.6. The van der Waals surface area contributed by atoms with E-state index in [1.165, 1.54) is 5.56 Å². The standard InChI is InChI=1S/C19H21BrO2/c1-4-18(15-6-5-7-16(20)12-15)19(13(2)21)14-8-10-17(22-3)11-9-14/h5-12,18-19H,4H2,1-3H3. The zero-order valence-electron chi connectivity index (χ0n) is 13.2. The van der Waals surface area contributed by atoms with Gasteiger partial charge in [0.05, 0.1) is 7.11 Å². The molecule has 0 saturated carbocycles. The summed E-state index contributed by atoms with van der Waals surface area (Å²) in [5, 5.41) is 0. The summed E-state index contributed by atoms with van der Waals surface area (Å²) in [6, 6.07) is 16.0. The SMILES string of the molecule is CCC(c1cccc(Br)c1)C(C(C)=O)c1ccc(OC)cc1. The Balaban J connectivity index is 2.41. The highest BCUT2D eigenvalue weighted by Gasteiger charge is 2.27. The van der Waals surface area contributed by atoms with Gasteiger partial charge in [-0.2, -0.15) is 0 Å². The fraction of sp³-hybridized carbons (Fsp3) is 0.316. The minimum Gasteiger partial charge on any atom is -0.497 e. The van der Waals surface area contributed by atoms with E-state index in [-0.39, 0.29) is 17.6 Å². The molecule has 2 aromatic carbocycles. The van der Waals surface area contributed by atoms with Crippen molar-refractivity contribution in [2.75, 3.05) is 7.11 Å². The zero-order valence-corrected chi connectivity index (χ0v) is 14.8. The monoisotopic (exact) mass is 360 g/mol. The Morgan fingerprint density at radius 2 is 1.82 bits per heavy atom. The number of ketones is 1. The topological polar surface area (TPSA) is 26.3 Å². The molecule has 3 heteroatoms. The predicted octanol–water partition coefficient (Wildman–Crippen LogP) is 5.32. The van der Waals surface area contributed by atoms with E-state index in [9.17, 15) is 4.79 Å². The first-order valence-corrected chi connectivity index (χ1v) is 8.26. The summed E-state index contributed by atoms with van der Waals surface area (Å²) < 4.78 is 6.25. The number of ether oxygens (including phenoxy) is 1. The van der Waals surface area contributed by atoms with Crippen LogP contribution in [0.5, 0.6) is 5.75 Å². The van der Waals surface area contributed by atoms with E-state index in [2.05, 4.69) is 35.0 Å². The third-order valence-corrected chi connectivity index (χ3v) is 4.53. The molecule has 2 unspecified atom stereocenters. The number of halogens is 1. The maximum Gasteiger partial charge on any atom is 0.137 e.